The molecule has 0 aromatic heterocycles. The molecule has 2 heterocycles. The van der Waals surface area contributed by atoms with Crippen LogP contribution in [0.4, 0.5) is 0 Å². The highest BCUT2D eigenvalue weighted by atomic mass is 16.2. The van der Waals surface area contributed by atoms with Crippen LogP contribution in [0.25, 0.3) is 5.70 Å². The Hall–Kier alpha value is -2.39. The summed E-state index contributed by atoms with van der Waals surface area (Å²) in [7, 11) is 0. The summed E-state index contributed by atoms with van der Waals surface area (Å²) in [6, 6.07) is 18.6. The van der Waals surface area contributed by atoms with E-state index >= 15 is 0 Å². The molecular weight excluding hydrogens is 332 g/mol. The van der Waals surface area contributed by atoms with E-state index in [4.69, 9.17) is 0 Å². The molecule has 3 nitrogen and oxygen atoms in total. The minimum absolute atomic E-state index is 0.108. The first kappa shape index (κ1) is 18.0. The predicted octanol–water partition coefficient (Wildman–Crippen LogP) is 4.46. The van der Waals surface area contributed by atoms with Gasteiger partial charge in [0, 0.05) is 23.4 Å². The van der Waals surface area contributed by atoms with Crippen LogP contribution < -0.4 is 0 Å². The van der Waals surface area contributed by atoms with E-state index in [1.807, 2.05) is 29.2 Å². The van der Waals surface area contributed by atoms with E-state index in [1.165, 1.54) is 37.9 Å². The molecule has 27 heavy (non-hydrogen) atoms. The molecule has 0 aliphatic carbocycles. The molecule has 0 atom stereocenters. The summed E-state index contributed by atoms with van der Waals surface area (Å²) in [4.78, 5) is 17.0. The molecule has 2 aromatic rings. The molecule has 0 spiro atoms. The molecule has 2 aliphatic rings. The second-order valence-electron chi connectivity index (χ2n) is 7.78. The molecule has 4 rings (SSSR count). The summed E-state index contributed by atoms with van der Waals surface area (Å²) in [5.74, 6) is 0.912. The minimum Gasteiger partial charge on any atom is -0.308 e. The zero-order valence-corrected chi connectivity index (χ0v) is 15.9. The van der Waals surface area contributed by atoms with Crippen LogP contribution in [0.5, 0.6) is 0 Å². The molecule has 1 amide bonds. The number of hydrogen-bond donors (Lipinski definition) is 0. The first-order chi connectivity index (χ1) is 13.2. The molecule has 0 N–H and O–H groups in total. The normalized spacial score (nSPS) is 18.1. The van der Waals surface area contributed by atoms with Crippen molar-refractivity contribution in [2.24, 2.45) is 5.92 Å². The third-order valence-corrected chi connectivity index (χ3v) is 5.97. The van der Waals surface area contributed by atoms with Gasteiger partial charge in [-0.05, 0) is 62.9 Å². The van der Waals surface area contributed by atoms with Crippen LogP contribution in [0, 0.1) is 5.92 Å². The standard InChI is InChI=1S/C24H28N2O/c1-19-22-10-5-6-11-23(22)24(27)26(19)15-7-14-25-16-12-21(13-17-25)18-20-8-3-2-4-9-20/h2-6,8-11,21H,1,7,12-18H2. The average molecular weight is 361 g/mol. The summed E-state index contributed by atoms with van der Waals surface area (Å²) >= 11 is 0. The molecule has 3 heteroatoms. The number of fused-ring (bicyclic) bond motifs is 1. The fraction of sp³-hybridized carbons (Fsp3) is 0.375. The highest BCUT2D eigenvalue weighted by molar-refractivity contribution is 6.08. The molecular formula is C24H28N2O. The first-order valence-corrected chi connectivity index (χ1v) is 10.1. The van der Waals surface area contributed by atoms with E-state index in [1.54, 1.807) is 0 Å². The number of carbonyl (C=O) groups is 1. The molecule has 1 fully saturated rings. The van der Waals surface area contributed by atoms with E-state index in [-0.39, 0.29) is 5.91 Å². The minimum atomic E-state index is 0.108. The molecule has 0 radical (unpaired) electrons. The van der Waals surface area contributed by atoms with Crippen LogP contribution in [-0.2, 0) is 6.42 Å². The summed E-state index contributed by atoms with van der Waals surface area (Å²) in [5, 5.41) is 0. The lowest BCUT2D eigenvalue weighted by Gasteiger charge is -2.32. The van der Waals surface area contributed by atoms with Crippen LogP contribution >= 0.6 is 0 Å². The van der Waals surface area contributed by atoms with Crippen LogP contribution in [0.2, 0.25) is 0 Å². The van der Waals surface area contributed by atoms with E-state index < -0.39 is 0 Å². The summed E-state index contributed by atoms with van der Waals surface area (Å²) in [5.41, 5.74) is 4.10. The smallest absolute Gasteiger partial charge is 0.258 e. The summed E-state index contributed by atoms with van der Waals surface area (Å²) in [6.45, 7) is 8.30. The van der Waals surface area contributed by atoms with Crippen molar-refractivity contribution in [2.45, 2.75) is 25.7 Å². The van der Waals surface area contributed by atoms with Crippen molar-refractivity contribution in [1.82, 2.24) is 9.80 Å². The van der Waals surface area contributed by atoms with Gasteiger partial charge in [-0.15, -0.1) is 0 Å². The Morgan fingerprint density at radius 1 is 0.889 bits per heavy atom. The van der Waals surface area contributed by atoms with E-state index in [9.17, 15) is 4.79 Å². The Balaban J connectivity index is 1.21. The summed E-state index contributed by atoms with van der Waals surface area (Å²) < 4.78 is 0. The number of likely N-dealkylation sites (tertiary alicyclic amines) is 1. The van der Waals surface area contributed by atoms with Crippen molar-refractivity contribution < 1.29 is 4.79 Å². The zero-order valence-electron chi connectivity index (χ0n) is 15.9. The van der Waals surface area contributed by atoms with Crippen molar-refractivity contribution in [3.8, 4) is 0 Å². The van der Waals surface area contributed by atoms with Gasteiger partial charge < -0.3 is 9.80 Å². The van der Waals surface area contributed by atoms with Gasteiger partial charge in [-0.1, -0.05) is 55.1 Å². The Labute approximate surface area is 162 Å². The molecule has 140 valence electrons. The van der Waals surface area contributed by atoms with Gasteiger partial charge in [0.1, 0.15) is 0 Å². The number of carbonyl (C=O) groups excluding carboxylic acids is 1. The number of rotatable bonds is 6. The van der Waals surface area contributed by atoms with Crippen molar-refractivity contribution in [3.05, 3.63) is 77.9 Å². The first-order valence-electron chi connectivity index (χ1n) is 10.1. The third-order valence-electron chi connectivity index (χ3n) is 5.97. The van der Waals surface area contributed by atoms with Crippen molar-refractivity contribution in [2.75, 3.05) is 26.2 Å². The molecule has 2 aromatic carbocycles. The van der Waals surface area contributed by atoms with E-state index in [0.29, 0.717) is 0 Å². The van der Waals surface area contributed by atoms with Crippen LogP contribution in [0.3, 0.4) is 0 Å². The topological polar surface area (TPSA) is 23.6 Å². The molecule has 0 bridgehead atoms. The Morgan fingerprint density at radius 2 is 1.56 bits per heavy atom. The van der Waals surface area contributed by atoms with Gasteiger partial charge in [0.25, 0.3) is 5.91 Å². The summed E-state index contributed by atoms with van der Waals surface area (Å²) in [6.07, 6.45) is 4.75. The quantitative estimate of drug-likeness (QED) is 0.759. The molecule has 0 saturated carbocycles. The van der Waals surface area contributed by atoms with Gasteiger partial charge in [-0.25, -0.2) is 0 Å². The number of piperidine rings is 1. The van der Waals surface area contributed by atoms with Gasteiger partial charge in [-0.2, -0.15) is 0 Å². The maximum absolute atomic E-state index is 12.6. The Bertz CT molecular complexity index is 771. The second kappa shape index (κ2) is 8.10. The van der Waals surface area contributed by atoms with Gasteiger partial charge in [-0.3, -0.25) is 4.79 Å². The van der Waals surface area contributed by atoms with Gasteiger partial charge >= 0.3 is 0 Å². The number of hydrogen-bond acceptors (Lipinski definition) is 2. The SMILES string of the molecule is C=C1c2ccccc2C(=O)N1CCCN1CCC(Cc2ccccc2)CC1. The van der Waals surface area contributed by atoms with Crippen LogP contribution in [0.15, 0.2) is 61.2 Å². The lowest BCUT2D eigenvalue weighted by molar-refractivity contribution is 0.0843. The largest absolute Gasteiger partial charge is 0.308 e. The van der Waals surface area contributed by atoms with Crippen LogP contribution in [-0.4, -0.2) is 41.9 Å². The fourth-order valence-corrected chi connectivity index (χ4v) is 4.39. The Kier molecular flexibility index (Phi) is 5.40. The third kappa shape index (κ3) is 3.98. The molecule has 2 aliphatic heterocycles. The van der Waals surface area contributed by atoms with Crippen molar-refractivity contribution >= 4 is 11.6 Å². The number of nitrogens with zero attached hydrogens (tertiary/aromatic N) is 2. The number of amides is 1. The highest BCUT2D eigenvalue weighted by Gasteiger charge is 2.30. The lowest BCUT2D eigenvalue weighted by atomic mass is 9.90. The van der Waals surface area contributed by atoms with Crippen LogP contribution in [0.1, 0.15) is 40.7 Å². The maximum atomic E-state index is 12.6. The molecule has 0 unspecified atom stereocenters. The van der Waals surface area contributed by atoms with Gasteiger partial charge in [0.15, 0.2) is 0 Å². The number of benzene rings is 2. The van der Waals surface area contributed by atoms with Crippen molar-refractivity contribution in [1.29, 1.82) is 0 Å². The maximum Gasteiger partial charge on any atom is 0.258 e. The fourth-order valence-electron chi connectivity index (χ4n) is 4.39. The highest BCUT2D eigenvalue weighted by Crippen LogP contribution is 2.31. The Morgan fingerprint density at radius 3 is 2.26 bits per heavy atom. The van der Waals surface area contributed by atoms with E-state index in [0.717, 1.165) is 42.3 Å². The predicted molar refractivity (Wildman–Crippen MR) is 110 cm³/mol. The monoisotopic (exact) mass is 360 g/mol. The van der Waals surface area contributed by atoms with E-state index in [2.05, 4.69) is 41.8 Å². The molecule has 1 saturated heterocycles. The van der Waals surface area contributed by atoms with Gasteiger partial charge in [0.2, 0.25) is 0 Å². The zero-order chi connectivity index (χ0) is 18.6. The average Bonchev–Trinajstić information content (AvgIpc) is 2.95. The van der Waals surface area contributed by atoms with Crippen molar-refractivity contribution in [3.63, 3.8) is 0 Å². The lowest BCUT2D eigenvalue weighted by Crippen LogP contribution is -2.36. The second-order valence-corrected chi connectivity index (χ2v) is 7.78. The van der Waals surface area contributed by atoms with Gasteiger partial charge in [0.05, 0.1) is 0 Å².